The van der Waals surface area contributed by atoms with E-state index in [1.807, 2.05) is 6.92 Å². The van der Waals surface area contributed by atoms with Crippen molar-refractivity contribution in [3.63, 3.8) is 0 Å². The predicted molar refractivity (Wildman–Crippen MR) is 104 cm³/mol. The number of benzene rings is 2. The van der Waals surface area contributed by atoms with Crippen LogP contribution in [-0.4, -0.2) is 24.5 Å². The van der Waals surface area contributed by atoms with Crippen molar-refractivity contribution in [1.29, 1.82) is 0 Å². The van der Waals surface area contributed by atoms with Crippen molar-refractivity contribution in [2.45, 2.75) is 32.8 Å². The minimum atomic E-state index is -0.978. The van der Waals surface area contributed by atoms with Crippen LogP contribution in [0.1, 0.15) is 25.3 Å². The highest BCUT2D eigenvalue weighted by Crippen LogP contribution is 2.22. The normalized spacial score (nSPS) is 11.4. The second kappa shape index (κ2) is 10.5. The van der Waals surface area contributed by atoms with E-state index in [1.54, 1.807) is 24.3 Å². The van der Waals surface area contributed by atoms with Crippen LogP contribution in [0.2, 0.25) is 5.02 Å². The number of carbonyl (C=O) groups is 2. The number of hydrogen-bond acceptors (Lipinski definition) is 4. The molecule has 0 aliphatic carbocycles. The Morgan fingerprint density at radius 3 is 2.61 bits per heavy atom. The van der Waals surface area contributed by atoms with Crippen molar-refractivity contribution >= 4 is 23.4 Å². The first kappa shape index (κ1) is 21.5. The average molecular weight is 409 g/mol. The Kier molecular flexibility index (Phi) is 8.07. The van der Waals surface area contributed by atoms with Gasteiger partial charge in [0.2, 0.25) is 5.91 Å². The van der Waals surface area contributed by atoms with Gasteiger partial charge < -0.3 is 9.47 Å². The lowest BCUT2D eigenvalue weighted by Crippen LogP contribution is -2.47. The van der Waals surface area contributed by atoms with Crippen molar-refractivity contribution in [2.75, 3.05) is 6.61 Å². The molecule has 0 aliphatic rings. The van der Waals surface area contributed by atoms with Crippen LogP contribution in [0.4, 0.5) is 4.39 Å². The summed E-state index contributed by atoms with van der Waals surface area (Å²) in [5.74, 6) is -0.863. The molecule has 0 saturated carbocycles. The number of hydrazine groups is 1. The van der Waals surface area contributed by atoms with Crippen molar-refractivity contribution < 1.29 is 23.5 Å². The number of hydrogen-bond donors (Lipinski definition) is 2. The Bertz CT molecular complexity index is 832. The van der Waals surface area contributed by atoms with E-state index in [9.17, 15) is 14.0 Å². The molecule has 150 valence electrons. The van der Waals surface area contributed by atoms with Crippen LogP contribution in [0.25, 0.3) is 0 Å². The predicted octanol–water partition coefficient (Wildman–Crippen LogP) is 3.56. The first-order valence-electron chi connectivity index (χ1n) is 8.75. The number of carbonyl (C=O) groups excluding carboxylic acids is 2. The summed E-state index contributed by atoms with van der Waals surface area (Å²) in [6, 6.07) is 11.1. The topological polar surface area (TPSA) is 76.7 Å². The first-order valence-corrected chi connectivity index (χ1v) is 9.13. The third-order valence-electron chi connectivity index (χ3n) is 3.78. The summed E-state index contributed by atoms with van der Waals surface area (Å²) in [6.45, 7) is 3.68. The zero-order valence-corrected chi connectivity index (χ0v) is 16.4. The maximum Gasteiger partial charge on any atom is 0.279 e. The number of amides is 2. The largest absolute Gasteiger partial charge is 0.493 e. The molecule has 2 rings (SSSR count). The second-order valence-electron chi connectivity index (χ2n) is 6.09. The second-order valence-corrected chi connectivity index (χ2v) is 6.53. The van der Waals surface area contributed by atoms with E-state index in [0.29, 0.717) is 23.8 Å². The van der Waals surface area contributed by atoms with Gasteiger partial charge in [-0.05, 0) is 56.2 Å². The number of ether oxygens (including phenoxy) is 2. The van der Waals surface area contributed by atoms with Crippen molar-refractivity contribution in [3.8, 4) is 11.5 Å². The molecule has 2 aromatic rings. The number of nitrogens with one attached hydrogen (secondary N) is 2. The molecule has 0 aliphatic heterocycles. The van der Waals surface area contributed by atoms with Gasteiger partial charge >= 0.3 is 0 Å². The van der Waals surface area contributed by atoms with E-state index < -0.39 is 17.8 Å². The van der Waals surface area contributed by atoms with E-state index in [-0.39, 0.29) is 18.1 Å². The molecule has 0 saturated heterocycles. The van der Waals surface area contributed by atoms with Crippen LogP contribution in [0, 0.1) is 12.7 Å². The summed E-state index contributed by atoms with van der Waals surface area (Å²) < 4.78 is 24.4. The molecule has 0 spiro atoms. The zero-order chi connectivity index (χ0) is 20.5. The molecule has 0 fully saturated rings. The fourth-order valence-electron chi connectivity index (χ4n) is 2.27. The van der Waals surface area contributed by atoms with Crippen LogP contribution in [0.5, 0.6) is 11.5 Å². The highest BCUT2D eigenvalue weighted by atomic mass is 35.5. The maximum atomic E-state index is 13.5. The van der Waals surface area contributed by atoms with Crippen molar-refractivity contribution in [2.24, 2.45) is 0 Å². The molecule has 0 unspecified atom stereocenters. The van der Waals surface area contributed by atoms with Gasteiger partial charge in [-0.15, -0.1) is 0 Å². The summed E-state index contributed by atoms with van der Waals surface area (Å²) in [6.07, 6.45) is -0.353. The van der Waals surface area contributed by atoms with Crippen LogP contribution in [-0.2, 0) is 9.59 Å². The molecule has 6 nitrogen and oxygen atoms in total. The van der Waals surface area contributed by atoms with Gasteiger partial charge in [-0.2, -0.15) is 0 Å². The summed E-state index contributed by atoms with van der Waals surface area (Å²) >= 11 is 5.88. The summed E-state index contributed by atoms with van der Waals surface area (Å²) in [5.41, 5.74) is 5.46. The van der Waals surface area contributed by atoms with Gasteiger partial charge in [-0.1, -0.05) is 23.7 Å². The molecule has 0 aromatic heterocycles. The molecule has 1 atom stereocenters. The van der Waals surface area contributed by atoms with Gasteiger partial charge in [0.25, 0.3) is 5.91 Å². The molecule has 28 heavy (non-hydrogen) atoms. The lowest BCUT2D eigenvalue weighted by atomic mass is 10.2. The summed E-state index contributed by atoms with van der Waals surface area (Å²) in [7, 11) is 0. The monoisotopic (exact) mass is 408 g/mol. The van der Waals surface area contributed by atoms with Crippen molar-refractivity contribution in [3.05, 3.63) is 58.9 Å². The Morgan fingerprint density at radius 1 is 1.14 bits per heavy atom. The highest BCUT2D eigenvalue weighted by molar-refractivity contribution is 6.30. The molecular weight excluding hydrogens is 387 g/mol. The standard InChI is InChI=1S/C20H22ClFN2O4/c1-13-12-15(21)9-10-17(13)27-11-5-8-19(25)23-24-20(26)14(2)28-18-7-4-3-6-16(18)22/h3-4,6-7,9-10,12,14H,5,8,11H2,1-2H3,(H,23,25)(H,24,26)/t14-/m0/s1. The number of aryl methyl sites for hydroxylation is 1. The molecule has 2 N–H and O–H groups in total. The Labute approximate surface area is 167 Å². The van der Waals surface area contributed by atoms with Gasteiger partial charge in [-0.3, -0.25) is 20.4 Å². The first-order chi connectivity index (χ1) is 13.4. The Balaban J connectivity index is 1.66. The van der Waals surface area contributed by atoms with Crippen LogP contribution in [0.15, 0.2) is 42.5 Å². The maximum absolute atomic E-state index is 13.5. The average Bonchev–Trinajstić information content (AvgIpc) is 2.66. The van der Waals surface area contributed by atoms with Gasteiger partial charge in [-0.25, -0.2) is 4.39 Å². The van der Waals surface area contributed by atoms with E-state index >= 15 is 0 Å². The molecule has 0 heterocycles. The lowest BCUT2D eigenvalue weighted by molar-refractivity contribution is -0.132. The quantitative estimate of drug-likeness (QED) is 0.517. The van der Waals surface area contributed by atoms with E-state index in [1.165, 1.54) is 25.1 Å². The van der Waals surface area contributed by atoms with Gasteiger partial charge in [0, 0.05) is 11.4 Å². The molecule has 0 bridgehead atoms. The minimum absolute atomic E-state index is 0.0360. The van der Waals surface area contributed by atoms with E-state index in [0.717, 1.165) is 5.56 Å². The van der Waals surface area contributed by atoms with Crippen LogP contribution < -0.4 is 20.3 Å². The van der Waals surface area contributed by atoms with Crippen LogP contribution >= 0.6 is 11.6 Å². The number of rotatable bonds is 8. The molecule has 2 amide bonds. The Hall–Kier alpha value is -2.80. The van der Waals surface area contributed by atoms with Crippen molar-refractivity contribution in [1.82, 2.24) is 10.9 Å². The molecule has 8 heteroatoms. The zero-order valence-electron chi connectivity index (χ0n) is 15.6. The summed E-state index contributed by atoms with van der Waals surface area (Å²) in [4.78, 5) is 23.7. The van der Waals surface area contributed by atoms with Crippen LogP contribution in [0.3, 0.4) is 0 Å². The summed E-state index contributed by atoms with van der Waals surface area (Å²) in [5, 5.41) is 0.633. The van der Waals surface area contributed by atoms with Gasteiger partial charge in [0.05, 0.1) is 6.61 Å². The van der Waals surface area contributed by atoms with Gasteiger partial charge in [0.15, 0.2) is 17.7 Å². The van der Waals surface area contributed by atoms with Gasteiger partial charge in [0.1, 0.15) is 5.75 Å². The van der Waals surface area contributed by atoms with E-state index in [2.05, 4.69) is 10.9 Å². The SMILES string of the molecule is Cc1cc(Cl)ccc1OCCCC(=O)NNC(=O)[C@H](C)Oc1ccccc1F. The minimum Gasteiger partial charge on any atom is -0.493 e. The fourth-order valence-corrected chi connectivity index (χ4v) is 2.50. The number of halogens is 2. The fraction of sp³-hybridized carbons (Fsp3) is 0.300. The lowest BCUT2D eigenvalue weighted by Gasteiger charge is -2.15. The molecule has 0 radical (unpaired) electrons. The Morgan fingerprint density at radius 2 is 1.89 bits per heavy atom. The third kappa shape index (κ3) is 6.74. The highest BCUT2D eigenvalue weighted by Gasteiger charge is 2.17. The van der Waals surface area contributed by atoms with E-state index in [4.69, 9.17) is 21.1 Å². The smallest absolute Gasteiger partial charge is 0.279 e. The molecule has 2 aromatic carbocycles. The third-order valence-corrected chi connectivity index (χ3v) is 4.01. The number of para-hydroxylation sites is 1. The molecular formula is C20H22ClFN2O4.